The van der Waals surface area contributed by atoms with Crippen molar-refractivity contribution in [1.82, 2.24) is 5.32 Å². The molecule has 5 nitrogen and oxygen atoms in total. The Morgan fingerprint density at radius 2 is 2.19 bits per heavy atom. The number of fused-ring (bicyclic) bond motifs is 1. The number of quaternary nitrogens is 1. The highest BCUT2D eigenvalue weighted by molar-refractivity contribution is 5.99. The van der Waals surface area contributed by atoms with Gasteiger partial charge in [0.15, 0.2) is 5.76 Å². The average Bonchev–Trinajstić information content (AvgIpc) is 3.03. The molecule has 2 atom stereocenters. The van der Waals surface area contributed by atoms with E-state index >= 15 is 0 Å². The van der Waals surface area contributed by atoms with Crippen LogP contribution in [0.2, 0.25) is 0 Å². The van der Waals surface area contributed by atoms with Crippen LogP contribution >= 0.6 is 0 Å². The van der Waals surface area contributed by atoms with Crippen LogP contribution in [0.5, 0.6) is 0 Å². The van der Waals surface area contributed by atoms with Crippen LogP contribution in [0.1, 0.15) is 55.6 Å². The molecule has 0 aliphatic carbocycles. The van der Waals surface area contributed by atoms with Crippen LogP contribution in [0, 0.1) is 0 Å². The van der Waals surface area contributed by atoms with Crippen LogP contribution in [0.25, 0.3) is 11.0 Å². The Morgan fingerprint density at radius 1 is 1.35 bits per heavy atom. The highest BCUT2D eigenvalue weighted by atomic mass is 16.5. The zero-order chi connectivity index (χ0) is 18.4. The second-order valence-corrected chi connectivity index (χ2v) is 7.21. The summed E-state index contributed by atoms with van der Waals surface area (Å²) in [5.41, 5.74) is 1.58. The molecule has 1 unspecified atom stereocenters. The molecule has 1 aliphatic rings. The number of hydrogen-bond donors (Lipinski definition) is 2. The van der Waals surface area contributed by atoms with Crippen molar-refractivity contribution in [2.75, 3.05) is 26.2 Å². The molecule has 1 saturated heterocycles. The van der Waals surface area contributed by atoms with Gasteiger partial charge in [-0.25, -0.2) is 0 Å². The predicted octanol–water partition coefficient (Wildman–Crippen LogP) is 2.55. The Morgan fingerprint density at radius 3 is 3.00 bits per heavy atom. The molecule has 1 amide bonds. The molecule has 2 N–H and O–H groups in total. The highest BCUT2D eigenvalue weighted by Gasteiger charge is 2.22. The van der Waals surface area contributed by atoms with Crippen molar-refractivity contribution in [3.05, 3.63) is 35.6 Å². The number of ether oxygens (including phenoxy) is 1. The molecular formula is C21H31N2O3+. The molecule has 0 saturated carbocycles. The van der Waals surface area contributed by atoms with Crippen molar-refractivity contribution in [3.63, 3.8) is 0 Å². The topological polar surface area (TPSA) is 55.9 Å². The number of amides is 1. The maximum absolute atomic E-state index is 12.6. The van der Waals surface area contributed by atoms with Gasteiger partial charge in [0.05, 0.1) is 25.7 Å². The van der Waals surface area contributed by atoms with Crippen LogP contribution in [0.3, 0.4) is 0 Å². The molecule has 1 aromatic heterocycles. The van der Waals surface area contributed by atoms with E-state index in [4.69, 9.17) is 9.15 Å². The number of rotatable bonds is 8. The van der Waals surface area contributed by atoms with Crippen LogP contribution in [0.15, 0.2) is 28.7 Å². The lowest BCUT2D eigenvalue weighted by Gasteiger charge is -2.30. The van der Waals surface area contributed by atoms with Crippen LogP contribution in [0.4, 0.5) is 0 Å². The fourth-order valence-corrected chi connectivity index (χ4v) is 3.85. The monoisotopic (exact) mass is 359 g/mol. The summed E-state index contributed by atoms with van der Waals surface area (Å²) >= 11 is 0. The van der Waals surface area contributed by atoms with Crippen molar-refractivity contribution in [2.24, 2.45) is 0 Å². The molecule has 1 aromatic carbocycles. The molecule has 1 aliphatic heterocycles. The standard InChI is InChI=1S/C21H30N2O3/c1-3-25-15-18-17-10-4-5-11-19(17)26-20(18)21(24)22-12-8-14-23-13-7-6-9-16(23)2/h4-5,10-11,16H,3,6-9,12-15H2,1-2H3,(H,22,24)/p+1/t16-/m1/s1. The first-order chi connectivity index (χ1) is 12.7. The van der Waals surface area contributed by atoms with E-state index < -0.39 is 0 Å². The Labute approximate surface area is 155 Å². The quantitative estimate of drug-likeness (QED) is 0.712. The molecule has 0 bridgehead atoms. The smallest absolute Gasteiger partial charge is 0.287 e. The normalized spacial score (nSPS) is 20.4. The molecule has 142 valence electrons. The Bertz CT molecular complexity index is 725. The van der Waals surface area contributed by atoms with E-state index in [1.807, 2.05) is 31.2 Å². The van der Waals surface area contributed by atoms with E-state index in [1.165, 1.54) is 25.8 Å². The van der Waals surface area contributed by atoms with Crippen molar-refractivity contribution < 1.29 is 18.8 Å². The molecule has 3 rings (SSSR count). The molecule has 26 heavy (non-hydrogen) atoms. The summed E-state index contributed by atoms with van der Waals surface area (Å²) in [5, 5.41) is 3.99. The van der Waals surface area contributed by atoms with Gasteiger partial charge in [0, 0.05) is 30.5 Å². The van der Waals surface area contributed by atoms with Crippen LogP contribution < -0.4 is 10.2 Å². The molecule has 0 spiro atoms. The molecule has 1 fully saturated rings. The Hall–Kier alpha value is -1.85. The first-order valence-electron chi connectivity index (χ1n) is 9.91. The average molecular weight is 359 g/mol. The molecule has 0 radical (unpaired) electrons. The maximum Gasteiger partial charge on any atom is 0.287 e. The number of para-hydroxylation sites is 1. The van der Waals surface area contributed by atoms with Crippen LogP contribution in [-0.4, -0.2) is 38.2 Å². The lowest BCUT2D eigenvalue weighted by Crippen LogP contribution is -3.16. The van der Waals surface area contributed by atoms with Crippen molar-refractivity contribution in [1.29, 1.82) is 0 Å². The van der Waals surface area contributed by atoms with Gasteiger partial charge in [0.1, 0.15) is 5.58 Å². The summed E-state index contributed by atoms with van der Waals surface area (Å²) in [6, 6.07) is 8.49. The van der Waals surface area contributed by atoms with Crippen molar-refractivity contribution in [2.45, 2.75) is 52.2 Å². The third-order valence-electron chi connectivity index (χ3n) is 5.40. The first kappa shape index (κ1) is 18.9. The zero-order valence-corrected chi connectivity index (χ0v) is 16.0. The van der Waals surface area contributed by atoms with E-state index in [0.29, 0.717) is 25.5 Å². The van der Waals surface area contributed by atoms with E-state index in [2.05, 4.69) is 12.2 Å². The van der Waals surface area contributed by atoms with E-state index in [-0.39, 0.29) is 5.91 Å². The lowest BCUT2D eigenvalue weighted by atomic mass is 10.0. The zero-order valence-electron chi connectivity index (χ0n) is 16.0. The van der Waals surface area contributed by atoms with E-state index in [0.717, 1.165) is 35.5 Å². The van der Waals surface area contributed by atoms with Gasteiger partial charge in [-0.2, -0.15) is 0 Å². The van der Waals surface area contributed by atoms with Gasteiger partial charge in [0.25, 0.3) is 5.91 Å². The minimum atomic E-state index is -0.141. The van der Waals surface area contributed by atoms with Gasteiger partial charge >= 0.3 is 0 Å². The number of carbonyl (C=O) groups is 1. The van der Waals surface area contributed by atoms with E-state index in [1.54, 1.807) is 4.90 Å². The van der Waals surface area contributed by atoms with Gasteiger partial charge in [-0.1, -0.05) is 18.2 Å². The fraction of sp³-hybridized carbons (Fsp3) is 0.571. The fourth-order valence-electron chi connectivity index (χ4n) is 3.85. The molecule has 2 heterocycles. The second kappa shape index (κ2) is 9.19. The number of carbonyl (C=O) groups excluding carboxylic acids is 1. The molecular weight excluding hydrogens is 328 g/mol. The number of likely N-dealkylation sites (tertiary alicyclic amines) is 1. The highest BCUT2D eigenvalue weighted by Crippen LogP contribution is 2.26. The Balaban J connectivity index is 1.58. The van der Waals surface area contributed by atoms with Gasteiger partial charge in [-0.05, 0) is 39.2 Å². The second-order valence-electron chi connectivity index (χ2n) is 7.21. The maximum atomic E-state index is 12.6. The largest absolute Gasteiger partial charge is 0.451 e. The summed E-state index contributed by atoms with van der Waals surface area (Å²) in [7, 11) is 0. The summed E-state index contributed by atoms with van der Waals surface area (Å²) in [4.78, 5) is 14.3. The SMILES string of the molecule is CCOCc1c(C(=O)NCCC[NH+]2CCCC[C@H]2C)oc2ccccc12. The number of furan rings is 1. The van der Waals surface area contributed by atoms with E-state index in [9.17, 15) is 4.79 Å². The van der Waals surface area contributed by atoms with Gasteiger partial charge in [-0.15, -0.1) is 0 Å². The number of hydrogen-bond acceptors (Lipinski definition) is 3. The Kier molecular flexibility index (Phi) is 6.69. The summed E-state index contributed by atoms with van der Waals surface area (Å²) < 4.78 is 11.4. The van der Waals surface area contributed by atoms with Gasteiger partial charge in [0.2, 0.25) is 0 Å². The molecule has 5 heteroatoms. The number of benzene rings is 1. The van der Waals surface area contributed by atoms with Gasteiger partial charge < -0.3 is 19.4 Å². The third-order valence-corrected chi connectivity index (χ3v) is 5.40. The van der Waals surface area contributed by atoms with Crippen molar-refractivity contribution >= 4 is 16.9 Å². The minimum absolute atomic E-state index is 0.141. The van der Waals surface area contributed by atoms with Gasteiger partial charge in [-0.3, -0.25) is 4.79 Å². The van der Waals surface area contributed by atoms with Crippen molar-refractivity contribution in [3.8, 4) is 0 Å². The van der Waals surface area contributed by atoms with Crippen LogP contribution in [-0.2, 0) is 11.3 Å². The third kappa shape index (κ3) is 4.46. The summed E-state index contributed by atoms with van der Waals surface area (Å²) in [6.07, 6.45) is 5.00. The summed E-state index contributed by atoms with van der Waals surface area (Å²) in [5.74, 6) is 0.246. The minimum Gasteiger partial charge on any atom is -0.451 e. The number of nitrogens with one attached hydrogen (secondary N) is 2. The molecule has 2 aromatic rings. The summed E-state index contributed by atoms with van der Waals surface area (Å²) in [6.45, 7) is 8.35. The predicted molar refractivity (Wildman–Crippen MR) is 103 cm³/mol. The number of piperidine rings is 1. The first-order valence-corrected chi connectivity index (χ1v) is 9.91. The lowest BCUT2D eigenvalue weighted by molar-refractivity contribution is -0.928.